The lowest BCUT2D eigenvalue weighted by atomic mass is 10.1. The fraction of sp³-hybridized carbons (Fsp3) is 0.412. The number of amides is 1. The second-order valence-electron chi connectivity index (χ2n) is 5.93. The van der Waals surface area contributed by atoms with Crippen LogP contribution in [0.4, 0.5) is 4.39 Å². The van der Waals surface area contributed by atoms with Gasteiger partial charge in [-0.15, -0.1) is 0 Å². The number of rotatable bonds is 5. The summed E-state index contributed by atoms with van der Waals surface area (Å²) in [7, 11) is 1.57. The van der Waals surface area contributed by atoms with E-state index in [1.807, 2.05) is 0 Å². The van der Waals surface area contributed by atoms with Crippen molar-refractivity contribution < 1.29 is 13.9 Å². The number of carbonyl (C=O) groups is 1. The van der Waals surface area contributed by atoms with E-state index in [4.69, 9.17) is 16.3 Å². The SMILES string of the molecule is COCn1ccc(C(=O)N2CCN(Cc3c(F)cccc3Cl)CC2)n1. The number of piperazine rings is 1. The van der Waals surface area contributed by atoms with Crippen LogP contribution in [0.25, 0.3) is 0 Å². The van der Waals surface area contributed by atoms with E-state index in [-0.39, 0.29) is 11.7 Å². The molecule has 8 heteroatoms. The second-order valence-corrected chi connectivity index (χ2v) is 6.33. The molecule has 0 N–H and O–H groups in total. The van der Waals surface area contributed by atoms with Crippen molar-refractivity contribution in [3.05, 3.63) is 52.6 Å². The molecule has 0 bridgehead atoms. The molecule has 0 atom stereocenters. The van der Waals surface area contributed by atoms with Gasteiger partial charge in [-0.3, -0.25) is 9.69 Å². The van der Waals surface area contributed by atoms with E-state index in [2.05, 4.69) is 10.00 Å². The normalized spacial score (nSPS) is 15.6. The van der Waals surface area contributed by atoms with E-state index < -0.39 is 0 Å². The molecule has 6 nitrogen and oxygen atoms in total. The predicted molar refractivity (Wildman–Crippen MR) is 91.8 cm³/mol. The van der Waals surface area contributed by atoms with Crippen LogP contribution in [0.1, 0.15) is 16.1 Å². The monoisotopic (exact) mass is 366 g/mol. The fourth-order valence-electron chi connectivity index (χ4n) is 2.86. The summed E-state index contributed by atoms with van der Waals surface area (Å²) in [6.45, 7) is 3.22. The van der Waals surface area contributed by atoms with Crippen LogP contribution in [-0.2, 0) is 18.0 Å². The van der Waals surface area contributed by atoms with Gasteiger partial charge in [0.2, 0.25) is 0 Å². The second kappa shape index (κ2) is 7.95. The van der Waals surface area contributed by atoms with Crippen molar-refractivity contribution in [3.8, 4) is 0 Å². The highest BCUT2D eigenvalue weighted by atomic mass is 35.5. The molecule has 1 aromatic carbocycles. The number of carbonyl (C=O) groups excluding carboxylic acids is 1. The van der Waals surface area contributed by atoms with Crippen molar-refractivity contribution in [2.75, 3.05) is 33.3 Å². The summed E-state index contributed by atoms with van der Waals surface area (Å²) in [5.41, 5.74) is 0.907. The van der Waals surface area contributed by atoms with E-state index in [1.165, 1.54) is 6.07 Å². The van der Waals surface area contributed by atoms with Crippen molar-refractivity contribution in [3.63, 3.8) is 0 Å². The third-order valence-corrected chi connectivity index (χ3v) is 4.58. The molecule has 1 aliphatic heterocycles. The minimum atomic E-state index is -0.297. The van der Waals surface area contributed by atoms with Gasteiger partial charge in [0, 0.05) is 56.6 Å². The third-order valence-electron chi connectivity index (χ3n) is 4.22. The van der Waals surface area contributed by atoms with Crippen LogP contribution < -0.4 is 0 Å². The smallest absolute Gasteiger partial charge is 0.274 e. The van der Waals surface area contributed by atoms with E-state index in [0.717, 1.165) is 0 Å². The average molecular weight is 367 g/mol. The molecule has 3 rings (SSSR count). The lowest BCUT2D eigenvalue weighted by molar-refractivity contribution is 0.0617. The highest BCUT2D eigenvalue weighted by molar-refractivity contribution is 6.31. The van der Waals surface area contributed by atoms with Gasteiger partial charge in [0.05, 0.1) is 0 Å². The van der Waals surface area contributed by atoms with E-state index >= 15 is 0 Å². The Bertz CT molecular complexity index is 724. The summed E-state index contributed by atoms with van der Waals surface area (Å²) in [6.07, 6.45) is 1.72. The maximum Gasteiger partial charge on any atom is 0.274 e. The Balaban J connectivity index is 1.57. The Morgan fingerprint density at radius 2 is 2.04 bits per heavy atom. The number of methoxy groups -OCH3 is 1. The maximum absolute atomic E-state index is 13.9. The first-order chi connectivity index (χ1) is 12.1. The molecule has 1 amide bonds. The molecule has 1 aliphatic rings. The predicted octanol–water partition coefficient (Wildman–Crippen LogP) is 2.24. The Labute approximate surface area is 150 Å². The number of hydrogen-bond acceptors (Lipinski definition) is 4. The standard InChI is InChI=1S/C17H20ClFN4O2/c1-25-12-23-6-5-16(20-23)17(24)22-9-7-21(8-10-22)11-13-14(18)3-2-4-15(13)19/h2-6H,7-12H2,1H3. The summed E-state index contributed by atoms with van der Waals surface area (Å²) >= 11 is 6.08. The molecule has 1 saturated heterocycles. The largest absolute Gasteiger partial charge is 0.362 e. The van der Waals surface area contributed by atoms with Crippen molar-refractivity contribution in [2.45, 2.75) is 13.3 Å². The molecular formula is C17H20ClFN4O2. The summed E-state index contributed by atoms with van der Waals surface area (Å²) in [5.74, 6) is -0.395. The van der Waals surface area contributed by atoms with Crippen LogP contribution in [-0.4, -0.2) is 58.8 Å². The van der Waals surface area contributed by atoms with Gasteiger partial charge in [0.15, 0.2) is 0 Å². The van der Waals surface area contributed by atoms with Crippen LogP contribution in [0.15, 0.2) is 30.5 Å². The Hall–Kier alpha value is -1.96. The summed E-state index contributed by atoms with van der Waals surface area (Å²) in [5, 5.41) is 4.64. The molecule has 1 aromatic heterocycles. The first-order valence-electron chi connectivity index (χ1n) is 8.05. The molecular weight excluding hydrogens is 347 g/mol. The quantitative estimate of drug-likeness (QED) is 0.814. The van der Waals surface area contributed by atoms with Crippen LogP contribution in [0.2, 0.25) is 5.02 Å². The zero-order chi connectivity index (χ0) is 17.8. The minimum Gasteiger partial charge on any atom is -0.362 e. The highest BCUT2D eigenvalue weighted by Crippen LogP contribution is 2.21. The molecule has 0 radical (unpaired) electrons. The summed E-state index contributed by atoms with van der Waals surface area (Å²) < 4.78 is 20.5. The van der Waals surface area contributed by atoms with Crippen molar-refractivity contribution >= 4 is 17.5 Å². The van der Waals surface area contributed by atoms with Gasteiger partial charge in [-0.2, -0.15) is 5.10 Å². The summed E-state index contributed by atoms with van der Waals surface area (Å²) in [4.78, 5) is 16.4. The van der Waals surface area contributed by atoms with Gasteiger partial charge in [-0.05, 0) is 18.2 Å². The molecule has 25 heavy (non-hydrogen) atoms. The van der Waals surface area contributed by atoms with E-state index in [0.29, 0.717) is 55.7 Å². The number of nitrogens with zero attached hydrogens (tertiary/aromatic N) is 4. The van der Waals surface area contributed by atoms with Gasteiger partial charge < -0.3 is 9.64 Å². The van der Waals surface area contributed by atoms with Crippen molar-refractivity contribution in [1.29, 1.82) is 0 Å². The molecule has 0 spiro atoms. The molecule has 2 heterocycles. The summed E-state index contributed by atoms with van der Waals surface area (Å²) in [6, 6.07) is 6.39. The highest BCUT2D eigenvalue weighted by Gasteiger charge is 2.24. The number of benzene rings is 1. The fourth-order valence-corrected chi connectivity index (χ4v) is 3.08. The van der Waals surface area contributed by atoms with Crippen LogP contribution >= 0.6 is 11.6 Å². The van der Waals surface area contributed by atoms with Gasteiger partial charge in [-0.1, -0.05) is 17.7 Å². The number of hydrogen-bond donors (Lipinski definition) is 0. The topological polar surface area (TPSA) is 50.6 Å². The van der Waals surface area contributed by atoms with Gasteiger partial charge in [0.1, 0.15) is 18.2 Å². The molecule has 0 aliphatic carbocycles. The van der Waals surface area contributed by atoms with Gasteiger partial charge in [-0.25, -0.2) is 9.07 Å². The number of halogens is 2. The van der Waals surface area contributed by atoms with Crippen molar-refractivity contribution in [1.82, 2.24) is 19.6 Å². The van der Waals surface area contributed by atoms with Crippen LogP contribution in [0.5, 0.6) is 0 Å². The number of ether oxygens (including phenoxy) is 1. The first kappa shape index (κ1) is 17.8. The first-order valence-corrected chi connectivity index (χ1v) is 8.43. The molecule has 0 saturated carbocycles. The zero-order valence-corrected chi connectivity index (χ0v) is 14.7. The Kier molecular flexibility index (Phi) is 5.67. The molecule has 0 unspecified atom stereocenters. The average Bonchev–Trinajstić information content (AvgIpc) is 3.07. The van der Waals surface area contributed by atoms with Crippen molar-refractivity contribution in [2.24, 2.45) is 0 Å². The lowest BCUT2D eigenvalue weighted by Gasteiger charge is -2.34. The Morgan fingerprint density at radius 3 is 2.72 bits per heavy atom. The zero-order valence-electron chi connectivity index (χ0n) is 14.0. The third kappa shape index (κ3) is 4.18. The van der Waals surface area contributed by atoms with Gasteiger partial charge >= 0.3 is 0 Å². The maximum atomic E-state index is 13.9. The Morgan fingerprint density at radius 1 is 1.28 bits per heavy atom. The van der Waals surface area contributed by atoms with Gasteiger partial charge in [0.25, 0.3) is 5.91 Å². The molecule has 134 valence electrons. The van der Waals surface area contributed by atoms with Crippen LogP contribution in [0, 0.1) is 5.82 Å². The van der Waals surface area contributed by atoms with E-state index in [1.54, 1.807) is 41.1 Å². The molecule has 1 fully saturated rings. The lowest BCUT2D eigenvalue weighted by Crippen LogP contribution is -2.48. The number of aromatic nitrogens is 2. The van der Waals surface area contributed by atoms with Crippen LogP contribution in [0.3, 0.4) is 0 Å². The minimum absolute atomic E-state index is 0.0987. The molecule has 2 aromatic rings. The van der Waals surface area contributed by atoms with E-state index in [9.17, 15) is 9.18 Å².